The van der Waals surface area contributed by atoms with Gasteiger partial charge in [-0.05, 0) is 29.3 Å². The van der Waals surface area contributed by atoms with Crippen LogP contribution in [0.15, 0.2) is 42.5 Å². The van der Waals surface area contributed by atoms with E-state index in [9.17, 15) is 10.1 Å². The second-order valence-corrected chi connectivity index (χ2v) is 4.25. The van der Waals surface area contributed by atoms with Gasteiger partial charge in [-0.25, -0.2) is 0 Å². The van der Waals surface area contributed by atoms with Gasteiger partial charge in [0.2, 0.25) is 0 Å². The Morgan fingerprint density at radius 2 is 1.90 bits per heavy atom. The van der Waals surface area contributed by atoms with Crippen molar-refractivity contribution in [3.8, 4) is 11.8 Å². The molecule has 0 amide bonds. The highest BCUT2D eigenvalue weighted by atomic mass is 16.6. The highest BCUT2D eigenvalue weighted by Gasteiger charge is 2.08. The zero-order chi connectivity index (χ0) is 15.2. The molecule has 0 aliphatic carbocycles. The molecule has 0 radical (unpaired) electrons. The Kier molecular flexibility index (Phi) is 4.32. The first-order chi connectivity index (χ1) is 10.1. The van der Waals surface area contributed by atoms with E-state index in [4.69, 9.17) is 10.00 Å². The normalized spacial score (nSPS) is 10.3. The summed E-state index contributed by atoms with van der Waals surface area (Å²) < 4.78 is 5.07. The molecule has 0 saturated heterocycles. The number of nitrogens with zero attached hydrogens (tertiary/aromatic N) is 2. The van der Waals surface area contributed by atoms with Gasteiger partial charge in [0.15, 0.2) is 0 Å². The van der Waals surface area contributed by atoms with Crippen molar-refractivity contribution in [2.45, 2.75) is 0 Å². The Hall–Kier alpha value is -3.13. The first kappa shape index (κ1) is 14.3. The van der Waals surface area contributed by atoms with E-state index in [1.165, 1.54) is 12.1 Å². The third kappa shape index (κ3) is 3.45. The van der Waals surface area contributed by atoms with Crippen molar-refractivity contribution in [1.29, 1.82) is 5.26 Å². The van der Waals surface area contributed by atoms with Gasteiger partial charge in [-0.2, -0.15) is 5.26 Å². The van der Waals surface area contributed by atoms with Crippen LogP contribution in [-0.2, 0) is 0 Å². The molecule has 0 aromatic heterocycles. The van der Waals surface area contributed by atoms with Gasteiger partial charge >= 0.3 is 0 Å². The third-order valence-electron chi connectivity index (χ3n) is 2.94. The zero-order valence-electron chi connectivity index (χ0n) is 11.3. The second kappa shape index (κ2) is 6.35. The van der Waals surface area contributed by atoms with Gasteiger partial charge in [-0.1, -0.05) is 24.3 Å². The molecule has 0 spiro atoms. The Morgan fingerprint density at radius 3 is 2.48 bits per heavy atom. The monoisotopic (exact) mass is 280 g/mol. The molecule has 0 heterocycles. The number of hydrogen-bond donors (Lipinski definition) is 0. The molecule has 5 nitrogen and oxygen atoms in total. The fraction of sp³-hybridized carbons (Fsp3) is 0.0625. The molecule has 5 heteroatoms. The van der Waals surface area contributed by atoms with Gasteiger partial charge in [0.05, 0.1) is 17.6 Å². The molecule has 0 bridgehead atoms. The van der Waals surface area contributed by atoms with E-state index >= 15 is 0 Å². The summed E-state index contributed by atoms with van der Waals surface area (Å²) in [5.41, 5.74) is 1.76. The number of hydrogen-bond acceptors (Lipinski definition) is 4. The number of non-ortho nitro benzene ring substituents is 1. The van der Waals surface area contributed by atoms with Crippen LogP contribution in [0.25, 0.3) is 12.2 Å². The van der Waals surface area contributed by atoms with Crippen LogP contribution < -0.4 is 4.74 Å². The molecule has 0 atom stereocenters. The van der Waals surface area contributed by atoms with Gasteiger partial charge in [0.1, 0.15) is 11.8 Å². The van der Waals surface area contributed by atoms with Gasteiger partial charge in [-0.15, -0.1) is 0 Å². The lowest BCUT2D eigenvalue weighted by molar-refractivity contribution is -0.384. The summed E-state index contributed by atoms with van der Waals surface area (Å²) in [5, 5.41) is 19.8. The molecule has 0 saturated carbocycles. The number of rotatable bonds is 4. The summed E-state index contributed by atoms with van der Waals surface area (Å²) in [6.07, 6.45) is 3.59. The Bertz CT molecular complexity index is 728. The smallest absolute Gasteiger partial charge is 0.270 e. The van der Waals surface area contributed by atoms with Crippen LogP contribution in [0.5, 0.6) is 5.75 Å². The predicted molar refractivity (Wildman–Crippen MR) is 79.7 cm³/mol. The van der Waals surface area contributed by atoms with Gasteiger partial charge in [-0.3, -0.25) is 10.1 Å². The first-order valence-corrected chi connectivity index (χ1v) is 6.14. The maximum Gasteiger partial charge on any atom is 0.270 e. The Morgan fingerprint density at radius 1 is 1.19 bits per heavy atom. The topological polar surface area (TPSA) is 76.2 Å². The number of benzene rings is 2. The number of methoxy groups -OCH3 is 1. The minimum absolute atomic E-state index is 0.0897. The average Bonchev–Trinajstić information content (AvgIpc) is 2.53. The van der Waals surface area contributed by atoms with Crippen LogP contribution in [-0.4, -0.2) is 12.0 Å². The maximum atomic E-state index is 10.7. The van der Waals surface area contributed by atoms with Crippen LogP contribution in [0.1, 0.15) is 16.7 Å². The van der Waals surface area contributed by atoms with Crippen LogP contribution in [0.2, 0.25) is 0 Å². The minimum atomic E-state index is -0.516. The van der Waals surface area contributed by atoms with Crippen LogP contribution >= 0.6 is 0 Å². The molecule has 2 aromatic carbocycles. The lowest BCUT2D eigenvalue weighted by Crippen LogP contribution is -1.90. The number of nitro benzene ring substituents is 1. The van der Waals surface area contributed by atoms with Gasteiger partial charge in [0, 0.05) is 12.1 Å². The summed E-state index contributed by atoms with van der Waals surface area (Å²) in [7, 11) is 1.60. The summed E-state index contributed by atoms with van der Waals surface area (Å²) in [6, 6.07) is 13.6. The lowest BCUT2D eigenvalue weighted by atomic mass is 10.1. The number of nitriles is 1. The van der Waals surface area contributed by atoms with E-state index in [2.05, 4.69) is 0 Å². The molecule has 0 aliphatic heterocycles. The molecule has 104 valence electrons. The van der Waals surface area contributed by atoms with Crippen molar-refractivity contribution in [1.82, 2.24) is 0 Å². The third-order valence-corrected chi connectivity index (χ3v) is 2.94. The Balaban J connectivity index is 2.27. The fourth-order valence-corrected chi connectivity index (χ4v) is 1.80. The highest BCUT2D eigenvalue weighted by Crippen LogP contribution is 2.20. The summed E-state index contributed by atoms with van der Waals surface area (Å²) in [5.74, 6) is 0.764. The summed E-state index contributed by atoms with van der Waals surface area (Å²) >= 11 is 0. The first-order valence-electron chi connectivity index (χ1n) is 6.14. The van der Waals surface area contributed by atoms with E-state index in [0.717, 1.165) is 11.3 Å². The van der Waals surface area contributed by atoms with Crippen molar-refractivity contribution in [2.24, 2.45) is 0 Å². The minimum Gasteiger partial charge on any atom is -0.497 e. The molecular weight excluding hydrogens is 268 g/mol. The van der Waals surface area contributed by atoms with E-state index in [0.29, 0.717) is 5.56 Å². The van der Waals surface area contributed by atoms with Crippen molar-refractivity contribution < 1.29 is 9.66 Å². The van der Waals surface area contributed by atoms with Crippen molar-refractivity contribution in [2.75, 3.05) is 7.11 Å². The number of nitro groups is 1. The summed E-state index contributed by atoms with van der Waals surface area (Å²) in [4.78, 5) is 10.2. The van der Waals surface area contributed by atoms with E-state index in [1.807, 2.05) is 36.4 Å². The highest BCUT2D eigenvalue weighted by molar-refractivity contribution is 5.73. The van der Waals surface area contributed by atoms with E-state index in [-0.39, 0.29) is 11.3 Å². The van der Waals surface area contributed by atoms with Crippen LogP contribution in [0.3, 0.4) is 0 Å². The fourth-order valence-electron chi connectivity index (χ4n) is 1.80. The molecule has 0 aliphatic rings. The summed E-state index contributed by atoms with van der Waals surface area (Å²) in [6.45, 7) is 0. The van der Waals surface area contributed by atoms with Gasteiger partial charge < -0.3 is 4.74 Å². The van der Waals surface area contributed by atoms with E-state index in [1.54, 1.807) is 19.3 Å². The van der Waals surface area contributed by atoms with Crippen molar-refractivity contribution >= 4 is 17.8 Å². The lowest BCUT2D eigenvalue weighted by Gasteiger charge is -2.00. The Labute approximate surface area is 121 Å². The second-order valence-electron chi connectivity index (χ2n) is 4.25. The average molecular weight is 280 g/mol. The van der Waals surface area contributed by atoms with Crippen LogP contribution in [0, 0.1) is 21.4 Å². The molecule has 0 unspecified atom stereocenters. The van der Waals surface area contributed by atoms with Crippen molar-refractivity contribution in [3.63, 3.8) is 0 Å². The molecule has 21 heavy (non-hydrogen) atoms. The standard InChI is InChI=1S/C16H12N2O3/c1-21-16-8-3-12(4-9-16)2-5-13-6-7-15(18(19)20)10-14(13)11-17/h2-10H,1H3/b5-2+. The van der Waals surface area contributed by atoms with E-state index < -0.39 is 4.92 Å². The maximum absolute atomic E-state index is 10.7. The van der Waals surface area contributed by atoms with Crippen molar-refractivity contribution in [3.05, 3.63) is 69.3 Å². The number of ether oxygens (including phenoxy) is 1. The predicted octanol–water partition coefficient (Wildman–Crippen LogP) is 3.65. The molecule has 0 fully saturated rings. The zero-order valence-corrected chi connectivity index (χ0v) is 11.3. The largest absolute Gasteiger partial charge is 0.497 e. The molecular formula is C16H12N2O3. The quantitative estimate of drug-likeness (QED) is 0.486. The molecule has 0 N–H and O–H groups in total. The SMILES string of the molecule is COc1ccc(/C=C/c2ccc([N+](=O)[O-])cc2C#N)cc1. The molecule has 2 aromatic rings. The van der Waals surface area contributed by atoms with Gasteiger partial charge in [0.25, 0.3) is 5.69 Å². The molecule has 2 rings (SSSR count). The van der Waals surface area contributed by atoms with Crippen LogP contribution in [0.4, 0.5) is 5.69 Å².